The van der Waals surface area contributed by atoms with Gasteiger partial charge in [-0.3, -0.25) is 4.79 Å². The van der Waals surface area contributed by atoms with Gasteiger partial charge in [0.25, 0.3) is 0 Å². The lowest BCUT2D eigenvalue weighted by atomic mass is 10.1. The molecule has 0 aromatic heterocycles. The first-order valence-electron chi connectivity index (χ1n) is 6.05. The number of sulfonamides is 1. The summed E-state index contributed by atoms with van der Waals surface area (Å²) in [7, 11) is -3.78. The van der Waals surface area contributed by atoms with Crippen LogP contribution in [-0.4, -0.2) is 26.9 Å². The minimum atomic E-state index is -3.78. The fraction of sp³-hybridized carbons (Fsp3) is 0.417. The van der Waals surface area contributed by atoms with E-state index in [1.54, 1.807) is 12.1 Å². The van der Waals surface area contributed by atoms with Gasteiger partial charge in [0, 0.05) is 6.54 Å². The average Bonchev–Trinajstić information content (AvgIpc) is 2.55. The fourth-order valence-corrected chi connectivity index (χ4v) is 3.71. The molecule has 1 amide bonds. The third-order valence-corrected chi connectivity index (χ3v) is 4.93. The molecule has 19 heavy (non-hydrogen) atoms. The predicted octanol–water partition coefficient (Wildman–Crippen LogP) is 1.29. The Hall–Kier alpha value is -1.11. The molecule has 0 bridgehead atoms. The third kappa shape index (κ3) is 3.46. The van der Waals surface area contributed by atoms with Gasteiger partial charge in [-0.05, 0) is 31.4 Å². The Morgan fingerprint density at radius 2 is 2.00 bits per heavy atom. The summed E-state index contributed by atoms with van der Waals surface area (Å²) in [6, 6.07) is 5.43. The number of benzene rings is 1. The van der Waals surface area contributed by atoms with E-state index in [0.717, 1.165) is 12.8 Å². The summed E-state index contributed by atoms with van der Waals surface area (Å²) in [5.41, 5.74) is 0. The number of hydrogen-bond donors (Lipinski definition) is 2. The maximum Gasteiger partial charge on any atom is 0.242 e. The number of nitrogens with one attached hydrogen (secondary N) is 2. The highest BCUT2D eigenvalue weighted by atomic mass is 35.5. The summed E-state index contributed by atoms with van der Waals surface area (Å²) in [4.78, 5) is 11.7. The van der Waals surface area contributed by atoms with Gasteiger partial charge in [-0.2, -0.15) is 4.72 Å². The monoisotopic (exact) mass is 302 g/mol. The van der Waals surface area contributed by atoms with E-state index in [0.29, 0.717) is 13.0 Å². The van der Waals surface area contributed by atoms with Crippen LogP contribution in [0.4, 0.5) is 0 Å². The van der Waals surface area contributed by atoms with Gasteiger partial charge in [0.15, 0.2) is 0 Å². The Labute approximate surface area is 117 Å². The first-order valence-corrected chi connectivity index (χ1v) is 7.91. The van der Waals surface area contributed by atoms with Crippen LogP contribution in [0, 0.1) is 0 Å². The molecule has 2 N–H and O–H groups in total. The molecule has 1 aliphatic rings. The molecule has 1 aliphatic heterocycles. The minimum absolute atomic E-state index is 0.00582. The quantitative estimate of drug-likeness (QED) is 0.883. The molecule has 5 nitrogen and oxygen atoms in total. The maximum atomic E-state index is 12.2. The molecular formula is C12H15ClN2O3S. The molecule has 1 unspecified atom stereocenters. The molecule has 1 fully saturated rings. The average molecular weight is 303 g/mol. The Bertz CT molecular complexity index is 574. The lowest BCUT2D eigenvalue weighted by molar-refractivity contribution is -0.122. The van der Waals surface area contributed by atoms with Gasteiger partial charge in [0.1, 0.15) is 10.9 Å². The molecule has 1 aromatic carbocycles. The lowest BCUT2D eigenvalue weighted by Crippen LogP contribution is -2.45. The summed E-state index contributed by atoms with van der Waals surface area (Å²) < 4.78 is 26.8. The molecule has 0 radical (unpaired) electrons. The SMILES string of the molecule is O=C1NCCCCC1NS(=O)(=O)c1ccccc1Cl. The molecule has 0 saturated carbocycles. The van der Waals surface area contributed by atoms with E-state index in [1.807, 2.05) is 0 Å². The van der Waals surface area contributed by atoms with Gasteiger partial charge in [-0.1, -0.05) is 23.7 Å². The predicted molar refractivity (Wildman–Crippen MR) is 72.4 cm³/mol. The van der Waals surface area contributed by atoms with E-state index in [2.05, 4.69) is 10.0 Å². The summed E-state index contributed by atoms with van der Waals surface area (Å²) >= 11 is 5.88. The van der Waals surface area contributed by atoms with Crippen LogP contribution in [0.15, 0.2) is 29.2 Å². The molecule has 1 atom stereocenters. The highest BCUT2D eigenvalue weighted by molar-refractivity contribution is 7.89. The fourth-order valence-electron chi connectivity index (χ4n) is 1.97. The Kier molecular flexibility index (Phi) is 4.44. The van der Waals surface area contributed by atoms with Gasteiger partial charge in [0.2, 0.25) is 15.9 Å². The zero-order valence-electron chi connectivity index (χ0n) is 10.2. The second kappa shape index (κ2) is 5.90. The normalized spacial score (nSPS) is 20.7. The van der Waals surface area contributed by atoms with Crippen molar-refractivity contribution in [3.8, 4) is 0 Å². The second-order valence-corrected chi connectivity index (χ2v) is 6.48. The van der Waals surface area contributed by atoms with Crippen molar-refractivity contribution in [1.29, 1.82) is 0 Å². The number of rotatable bonds is 3. The van der Waals surface area contributed by atoms with Gasteiger partial charge in [-0.15, -0.1) is 0 Å². The van der Waals surface area contributed by atoms with E-state index in [4.69, 9.17) is 11.6 Å². The standard InChI is InChI=1S/C12H15ClN2O3S/c13-9-5-1-2-7-11(9)19(17,18)15-10-6-3-4-8-14-12(10)16/h1-2,5,7,10,15H,3-4,6,8H2,(H,14,16). The third-order valence-electron chi connectivity index (χ3n) is 2.96. The van der Waals surface area contributed by atoms with Crippen molar-refractivity contribution in [2.45, 2.75) is 30.2 Å². The molecule has 7 heteroatoms. The van der Waals surface area contributed by atoms with Crippen LogP contribution in [0.1, 0.15) is 19.3 Å². The van der Waals surface area contributed by atoms with Crippen molar-refractivity contribution in [2.75, 3.05) is 6.54 Å². The maximum absolute atomic E-state index is 12.2. The molecule has 2 rings (SSSR count). The van der Waals surface area contributed by atoms with Crippen molar-refractivity contribution in [3.05, 3.63) is 29.3 Å². The summed E-state index contributed by atoms with van der Waals surface area (Å²) in [6.07, 6.45) is 2.15. The first kappa shape index (κ1) is 14.3. The van der Waals surface area contributed by atoms with Crippen LogP contribution >= 0.6 is 11.6 Å². The van der Waals surface area contributed by atoms with E-state index in [9.17, 15) is 13.2 Å². The molecule has 1 heterocycles. The minimum Gasteiger partial charge on any atom is -0.355 e. The van der Waals surface area contributed by atoms with Crippen LogP contribution in [0.5, 0.6) is 0 Å². The van der Waals surface area contributed by atoms with E-state index in [1.165, 1.54) is 12.1 Å². The number of hydrogen-bond acceptors (Lipinski definition) is 3. The summed E-state index contributed by atoms with van der Waals surface area (Å²) in [6.45, 7) is 0.586. The van der Waals surface area contributed by atoms with Crippen LogP contribution in [0.3, 0.4) is 0 Å². The van der Waals surface area contributed by atoms with E-state index >= 15 is 0 Å². The van der Waals surface area contributed by atoms with E-state index in [-0.39, 0.29) is 15.8 Å². The van der Waals surface area contributed by atoms with Gasteiger partial charge in [0.05, 0.1) is 5.02 Å². The van der Waals surface area contributed by atoms with Crippen molar-refractivity contribution in [3.63, 3.8) is 0 Å². The number of carbonyl (C=O) groups excluding carboxylic acids is 1. The largest absolute Gasteiger partial charge is 0.355 e. The summed E-state index contributed by atoms with van der Waals surface area (Å²) in [5, 5.41) is 2.83. The molecule has 104 valence electrons. The van der Waals surface area contributed by atoms with E-state index < -0.39 is 16.1 Å². The molecule has 1 aromatic rings. The number of amides is 1. The Morgan fingerprint density at radius 1 is 1.26 bits per heavy atom. The zero-order chi connectivity index (χ0) is 13.9. The van der Waals surface area contributed by atoms with Crippen molar-refractivity contribution in [1.82, 2.24) is 10.0 Å². The second-order valence-electron chi connectivity index (χ2n) is 4.39. The van der Waals surface area contributed by atoms with Gasteiger partial charge < -0.3 is 5.32 Å². The topological polar surface area (TPSA) is 75.3 Å². The van der Waals surface area contributed by atoms with Gasteiger partial charge in [-0.25, -0.2) is 8.42 Å². The molecular weight excluding hydrogens is 288 g/mol. The van der Waals surface area contributed by atoms with Crippen LogP contribution in [-0.2, 0) is 14.8 Å². The first-order chi connectivity index (χ1) is 9.00. The molecule has 0 aliphatic carbocycles. The lowest BCUT2D eigenvalue weighted by Gasteiger charge is -2.15. The zero-order valence-corrected chi connectivity index (χ0v) is 11.8. The number of carbonyl (C=O) groups is 1. The van der Waals surface area contributed by atoms with Crippen molar-refractivity contribution < 1.29 is 13.2 Å². The van der Waals surface area contributed by atoms with Gasteiger partial charge >= 0.3 is 0 Å². The summed E-state index contributed by atoms with van der Waals surface area (Å²) in [5.74, 6) is -0.284. The molecule has 1 saturated heterocycles. The Balaban J connectivity index is 2.21. The smallest absolute Gasteiger partial charge is 0.242 e. The van der Waals surface area contributed by atoms with Crippen LogP contribution < -0.4 is 10.0 Å². The number of halogens is 1. The highest BCUT2D eigenvalue weighted by Crippen LogP contribution is 2.21. The molecule has 0 spiro atoms. The van der Waals surface area contributed by atoms with Crippen molar-refractivity contribution in [2.24, 2.45) is 0 Å². The van der Waals surface area contributed by atoms with Crippen molar-refractivity contribution >= 4 is 27.5 Å². The van der Waals surface area contributed by atoms with Crippen LogP contribution in [0.2, 0.25) is 5.02 Å². The Morgan fingerprint density at radius 3 is 2.74 bits per heavy atom. The highest BCUT2D eigenvalue weighted by Gasteiger charge is 2.27. The van der Waals surface area contributed by atoms with Crippen LogP contribution in [0.25, 0.3) is 0 Å².